The number of likely N-dealkylation sites (N-methyl/N-ethyl adjacent to an activating group) is 1. The van der Waals surface area contributed by atoms with Crippen molar-refractivity contribution < 1.29 is 19.4 Å². The molecule has 2 aliphatic heterocycles. The van der Waals surface area contributed by atoms with Crippen LogP contribution in [0.3, 0.4) is 0 Å². The average molecular weight is 434 g/mol. The molecule has 1 fully saturated rings. The van der Waals surface area contributed by atoms with Crippen molar-refractivity contribution in [2.24, 2.45) is 0 Å². The van der Waals surface area contributed by atoms with Gasteiger partial charge in [0.1, 0.15) is 17.0 Å². The number of aromatic amines is 1. The second kappa shape index (κ2) is 7.27. The second-order valence-electron chi connectivity index (χ2n) is 8.66. The minimum atomic E-state index is -0.981. The number of rotatable bonds is 5. The summed E-state index contributed by atoms with van der Waals surface area (Å²) in [6, 6.07) is 11.7. The number of aromatic nitrogens is 1. The Bertz CT molecular complexity index is 1240. The summed E-state index contributed by atoms with van der Waals surface area (Å²) in [5.41, 5.74) is 2.67. The van der Waals surface area contributed by atoms with E-state index in [1.54, 1.807) is 37.3 Å². The monoisotopic (exact) mass is 434 g/mol. The van der Waals surface area contributed by atoms with Crippen molar-refractivity contribution in [3.05, 3.63) is 59.3 Å². The zero-order valence-corrected chi connectivity index (χ0v) is 18.3. The maximum Gasteiger partial charge on any atom is 0.328 e. The fourth-order valence-electron chi connectivity index (χ4n) is 5.02. The molecule has 2 aliphatic rings. The first kappa shape index (κ1) is 20.4. The molecule has 3 heterocycles. The summed E-state index contributed by atoms with van der Waals surface area (Å²) in [4.78, 5) is 33.8. The summed E-state index contributed by atoms with van der Waals surface area (Å²) in [5.74, 6) is 0.622. The van der Waals surface area contributed by atoms with E-state index in [0.29, 0.717) is 25.1 Å². The van der Waals surface area contributed by atoms with Gasteiger partial charge < -0.3 is 25.0 Å². The fourth-order valence-corrected chi connectivity index (χ4v) is 5.02. The molecule has 32 heavy (non-hydrogen) atoms. The molecule has 8 nitrogen and oxygen atoms in total. The number of nitrogens with one attached hydrogen (secondary N) is 2. The van der Waals surface area contributed by atoms with E-state index in [0.717, 1.165) is 27.9 Å². The minimum Gasteiger partial charge on any atom is -0.508 e. The van der Waals surface area contributed by atoms with E-state index in [2.05, 4.69) is 10.3 Å². The van der Waals surface area contributed by atoms with Gasteiger partial charge in [0.05, 0.1) is 19.7 Å². The zero-order valence-electron chi connectivity index (χ0n) is 18.3. The molecular weight excluding hydrogens is 408 g/mol. The Kier molecular flexibility index (Phi) is 4.63. The summed E-state index contributed by atoms with van der Waals surface area (Å²) in [5, 5.41) is 14.1. The SMILES string of the molecule is CNCC(c1cccc(O)c1)N1C(=O)N2Cc3[nH]c4ccc(OC)cc4c3C[C@@]2(C)C1=O. The summed E-state index contributed by atoms with van der Waals surface area (Å²) in [6.45, 7) is 2.56. The Labute approximate surface area is 185 Å². The molecule has 0 spiro atoms. The number of hydrogen-bond acceptors (Lipinski definition) is 5. The molecule has 166 valence electrons. The van der Waals surface area contributed by atoms with Crippen LogP contribution in [0, 0.1) is 0 Å². The number of carbonyl (C=O) groups excluding carboxylic acids is 2. The number of aromatic hydroxyl groups is 1. The first-order valence-electron chi connectivity index (χ1n) is 10.6. The van der Waals surface area contributed by atoms with Crippen LogP contribution >= 0.6 is 0 Å². The van der Waals surface area contributed by atoms with Gasteiger partial charge in [0.25, 0.3) is 5.91 Å². The van der Waals surface area contributed by atoms with Crippen LogP contribution in [0.5, 0.6) is 11.5 Å². The molecule has 1 unspecified atom stereocenters. The third-order valence-corrected chi connectivity index (χ3v) is 6.72. The number of carbonyl (C=O) groups is 2. The Hall–Kier alpha value is -3.52. The Balaban J connectivity index is 1.56. The lowest BCUT2D eigenvalue weighted by atomic mass is 9.86. The van der Waals surface area contributed by atoms with Crippen LogP contribution in [0.1, 0.15) is 29.8 Å². The van der Waals surface area contributed by atoms with Crippen molar-refractivity contribution in [2.75, 3.05) is 20.7 Å². The predicted octanol–water partition coefficient (Wildman–Crippen LogP) is 2.92. The topological polar surface area (TPSA) is 97.9 Å². The van der Waals surface area contributed by atoms with Gasteiger partial charge in [-0.1, -0.05) is 12.1 Å². The number of hydrogen-bond donors (Lipinski definition) is 3. The van der Waals surface area contributed by atoms with Crippen LogP contribution in [0.2, 0.25) is 0 Å². The fraction of sp³-hybridized carbons (Fsp3) is 0.333. The Morgan fingerprint density at radius 3 is 2.78 bits per heavy atom. The van der Waals surface area contributed by atoms with Gasteiger partial charge in [-0.15, -0.1) is 0 Å². The van der Waals surface area contributed by atoms with Crippen LogP contribution < -0.4 is 10.1 Å². The third-order valence-electron chi connectivity index (χ3n) is 6.72. The van der Waals surface area contributed by atoms with Gasteiger partial charge in [-0.25, -0.2) is 4.79 Å². The molecule has 3 amide bonds. The van der Waals surface area contributed by atoms with Crippen LogP contribution in [0.4, 0.5) is 4.79 Å². The van der Waals surface area contributed by atoms with Crippen LogP contribution in [-0.2, 0) is 17.8 Å². The van der Waals surface area contributed by atoms with Crippen LogP contribution in [0.15, 0.2) is 42.5 Å². The number of ether oxygens (including phenoxy) is 1. The quantitative estimate of drug-likeness (QED) is 0.537. The third kappa shape index (κ3) is 2.86. The normalized spacial score (nSPS) is 21.1. The lowest BCUT2D eigenvalue weighted by Gasteiger charge is -2.35. The number of methoxy groups -OCH3 is 1. The van der Waals surface area contributed by atoms with Crippen molar-refractivity contribution in [3.8, 4) is 11.5 Å². The molecule has 0 aliphatic carbocycles. The minimum absolute atomic E-state index is 0.0991. The predicted molar refractivity (Wildman–Crippen MR) is 120 cm³/mol. The van der Waals surface area contributed by atoms with E-state index < -0.39 is 11.6 Å². The molecule has 1 saturated heterocycles. The van der Waals surface area contributed by atoms with E-state index in [1.165, 1.54) is 4.90 Å². The van der Waals surface area contributed by atoms with Gasteiger partial charge in [0.15, 0.2) is 0 Å². The molecular formula is C24H26N4O4. The number of phenolic OH excluding ortho intramolecular Hbond substituents is 1. The van der Waals surface area contributed by atoms with Gasteiger partial charge in [0.2, 0.25) is 0 Å². The molecule has 3 N–H and O–H groups in total. The number of imide groups is 1. The average Bonchev–Trinajstić information content (AvgIpc) is 3.22. The van der Waals surface area contributed by atoms with E-state index in [1.807, 2.05) is 31.2 Å². The first-order valence-corrected chi connectivity index (χ1v) is 10.6. The van der Waals surface area contributed by atoms with Crippen molar-refractivity contribution in [3.63, 3.8) is 0 Å². The van der Waals surface area contributed by atoms with Crippen molar-refractivity contribution >= 4 is 22.8 Å². The Morgan fingerprint density at radius 1 is 1.25 bits per heavy atom. The molecule has 0 saturated carbocycles. The highest BCUT2D eigenvalue weighted by Crippen LogP contribution is 2.43. The summed E-state index contributed by atoms with van der Waals surface area (Å²) in [7, 11) is 3.41. The second-order valence-corrected chi connectivity index (χ2v) is 8.66. The molecule has 2 aromatic carbocycles. The van der Waals surface area contributed by atoms with Crippen LogP contribution in [0.25, 0.3) is 10.9 Å². The van der Waals surface area contributed by atoms with Gasteiger partial charge in [0, 0.05) is 29.6 Å². The number of fused-ring (bicyclic) bond motifs is 4. The van der Waals surface area contributed by atoms with Gasteiger partial charge in [-0.2, -0.15) is 0 Å². The largest absolute Gasteiger partial charge is 0.508 e. The number of phenols is 1. The number of H-pyrrole nitrogens is 1. The summed E-state index contributed by atoms with van der Waals surface area (Å²) >= 11 is 0. The van der Waals surface area contributed by atoms with Gasteiger partial charge in [-0.05, 0) is 55.4 Å². The molecule has 1 aromatic heterocycles. The zero-order chi connectivity index (χ0) is 22.6. The number of urea groups is 1. The number of benzene rings is 2. The lowest BCUT2D eigenvalue weighted by Crippen LogP contribution is -2.51. The lowest BCUT2D eigenvalue weighted by molar-refractivity contribution is -0.134. The van der Waals surface area contributed by atoms with Crippen molar-refractivity contribution in [1.82, 2.24) is 20.1 Å². The summed E-state index contributed by atoms with van der Waals surface area (Å²) in [6.07, 6.45) is 0.420. The van der Waals surface area contributed by atoms with Gasteiger partial charge >= 0.3 is 6.03 Å². The van der Waals surface area contributed by atoms with E-state index in [4.69, 9.17) is 4.74 Å². The van der Waals surface area contributed by atoms with E-state index in [-0.39, 0.29) is 17.7 Å². The highest BCUT2D eigenvalue weighted by Gasteiger charge is 2.58. The first-order chi connectivity index (χ1) is 15.4. The summed E-state index contributed by atoms with van der Waals surface area (Å²) < 4.78 is 5.39. The number of amides is 3. The van der Waals surface area contributed by atoms with E-state index in [9.17, 15) is 14.7 Å². The van der Waals surface area contributed by atoms with E-state index >= 15 is 0 Å². The highest BCUT2D eigenvalue weighted by molar-refractivity contribution is 6.08. The molecule has 3 aromatic rings. The smallest absolute Gasteiger partial charge is 0.328 e. The highest BCUT2D eigenvalue weighted by atomic mass is 16.5. The molecule has 0 bridgehead atoms. The molecule has 8 heteroatoms. The van der Waals surface area contributed by atoms with Crippen molar-refractivity contribution in [2.45, 2.75) is 31.5 Å². The van der Waals surface area contributed by atoms with Crippen molar-refractivity contribution in [1.29, 1.82) is 0 Å². The maximum absolute atomic E-state index is 13.8. The van der Waals surface area contributed by atoms with Crippen LogP contribution in [-0.4, -0.2) is 58.1 Å². The molecule has 2 atom stereocenters. The molecule has 5 rings (SSSR count). The number of nitrogens with zero attached hydrogens (tertiary/aromatic N) is 2. The molecule has 0 radical (unpaired) electrons. The standard InChI is InChI=1S/C24H26N4O4/c1-24-11-18-17-10-16(32-3)7-8-19(17)26-20(18)13-27(24)23(31)28(22(24)30)21(12-25-2)14-5-4-6-15(29)9-14/h4-10,21,25-26,29H,11-13H2,1-3H3/t21?,24-/m0/s1. The Morgan fingerprint density at radius 2 is 2.06 bits per heavy atom. The maximum atomic E-state index is 13.8. The van der Waals surface area contributed by atoms with Gasteiger partial charge in [-0.3, -0.25) is 9.69 Å².